The average molecular weight is 341 g/mol. The Morgan fingerprint density at radius 2 is 1.91 bits per heavy atom. The number of nitrogens with one attached hydrogen (secondary N) is 1. The molecule has 22 heavy (non-hydrogen) atoms. The van der Waals surface area contributed by atoms with Crippen molar-refractivity contribution in [1.29, 1.82) is 0 Å². The summed E-state index contributed by atoms with van der Waals surface area (Å²) in [5.74, 6) is 1.37. The summed E-state index contributed by atoms with van der Waals surface area (Å²) < 4.78 is 11.3. The topological polar surface area (TPSA) is 43.4 Å². The Kier molecular flexibility index (Phi) is 6.06. The lowest BCUT2D eigenvalue weighted by atomic mass is 10.1. The summed E-state index contributed by atoms with van der Waals surface area (Å²) in [6.07, 6.45) is 0. The quantitative estimate of drug-likeness (QED) is 0.803. The number of thiazole rings is 1. The predicted molar refractivity (Wildman–Crippen MR) is 92.4 cm³/mol. The van der Waals surface area contributed by atoms with Crippen LogP contribution in [0.5, 0.6) is 11.5 Å². The Balaban J connectivity index is 2.44. The fourth-order valence-corrected chi connectivity index (χ4v) is 3.11. The van der Waals surface area contributed by atoms with E-state index in [0.29, 0.717) is 24.0 Å². The summed E-state index contributed by atoms with van der Waals surface area (Å²) in [7, 11) is 1.92. The minimum absolute atomic E-state index is 0.215. The standard InChI is InChI=1S/C16H21ClN2O2S/c1-5-20-14-8-15(21-6-2)12(17)7-11(14)13-9-22-16(19-13)10(3)18-4/h7-10,18H,5-6H2,1-4H3. The van der Waals surface area contributed by atoms with Crippen LogP contribution >= 0.6 is 22.9 Å². The molecular weight excluding hydrogens is 320 g/mol. The number of rotatable bonds is 7. The summed E-state index contributed by atoms with van der Waals surface area (Å²) in [6, 6.07) is 3.92. The molecule has 4 nitrogen and oxygen atoms in total. The monoisotopic (exact) mass is 340 g/mol. The van der Waals surface area contributed by atoms with Crippen molar-refractivity contribution >= 4 is 22.9 Å². The number of aromatic nitrogens is 1. The van der Waals surface area contributed by atoms with Crippen LogP contribution in [0, 0.1) is 0 Å². The molecule has 6 heteroatoms. The van der Waals surface area contributed by atoms with Crippen molar-refractivity contribution in [2.75, 3.05) is 20.3 Å². The normalized spacial score (nSPS) is 12.2. The Hall–Kier alpha value is -1.30. The fourth-order valence-electron chi connectivity index (χ4n) is 2.01. The Morgan fingerprint density at radius 1 is 1.23 bits per heavy atom. The molecule has 0 bridgehead atoms. The van der Waals surface area contributed by atoms with E-state index >= 15 is 0 Å². The molecule has 0 spiro atoms. The van der Waals surface area contributed by atoms with Crippen LogP contribution < -0.4 is 14.8 Å². The molecule has 0 aliphatic rings. The van der Waals surface area contributed by atoms with Gasteiger partial charge in [-0.2, -0.15) is 0 Å². The summed E-state index contributed by atoms with van der Waals surface area (Å²) >= 11 is 7.93. The van der Waals surface area contributed by atoms with Gasteiger partial charge in [-0.3, -0.25) is 0 Å². The van der Waals surface area contributed by atoms with Gasteiger partial charge in [0.25, 0.3) is 0 Å². The molecule has 2 rings (SSSR count). The minimum atomic E-state index is 0.215. The maximum Gasteiger partial charge on any atom is 0.141 e. The van der Waals surface area contributed by atoms with E-state index in [1.54, 1.807) is 11.3 Å². The maximum absolute atomic E-state index is 6.31. The van der Waals surface area contributed by atoms with Gasteiger partial charge in [0, 0.05) is 17.0 Å². The van der Waals surface area contributed by atoms with Crippen LogP contribution in [0.4, 0.5) is 0 Å². The highest BCUT2D eigenvalue weighted by Gasteiger charge is 2.16. The van der Waals surface area contributed by atoms with Crippen LogP contribution in [-0.4, -0.2) is 25.2 Å². The van der Waals surface area contributed by atoms with E-state index < -0.39 is 0 Å². The lowest BCUT2D eigenvalue weighted by molar-refractivity contribution is 0.324. The van der Waals surface area contributed by atoms with Crippen LogP contribution in [0.15, 0.2) is 17.5 Å². The molecule has 1 heterocycles. The Labute approximate surface area is 140 Å². The second kappa shape index (κ2) is 7.81. The zero-order chi connectivity index (χ0) is 16.1. The molecular formula is C16H21ClN2O2S. The van der Waals surface area contributed by atoms with Crippen LogP contribution in [-0.2, 0) is 0 Å². The summed E-state index contributed by atoms with van der Waals surface area (Å²) in [5.41, 5.74) is 1.76. The minimum Gasteiger partial charge on any atom is -0.493 e. The molecule has 120 valence electrons. The molecule has 0 radical (unpaired) electrons. The van der Waals surface area contributed by atoms with Gasteiger partial charge in [0.2, 0.25) is 0 Å². The van der Waals surface area contributed by atoms with Crippen LogP contribution in [0.2, 0.25) is 5.02 Å². The number of hydrogen-bond donors (Lipinski definition) is 1. The van der Waals surface area contributed by atoms with E-state index in [4.69, 9.17) is 21.1 Å². The van der Waals surface area contributed by atoms with E-state index in [1.807, 2.05) is 38.4 Å². The highest BCUT2D eigenvalue weighted by atomic mass is 35.5. The first-order valence-corrected chi connectivity index (χ1v) is 8.58. The van der Waals surface area contributed by atoms with Crippen LogP contribution in [0.1, 0.15) is 31.8 Å². The number of halogens is 1. The molecule has 0 aliphatic heterocycles. The fraction of sp³-hybridized carbons (Fsp3) is 0.438. The molecule has 0 aliphatic carbocycles. The van der Waals surface area contributed by atoms with E-state index in [0.717, 1.165) is 22.0 Å². The smallest absolute Gasteiger partial charge is 0.141 e. The first kappa shape index (κ1) is 17.1. The molecule has 0 saturated heterocycles. The maximum atomic E-state index is 6.31. The number of benzene rings is 1. The van der Waals surface area contributed by atoms with Gasteiger partial charge >= 0.3 is 0 Å². The zero-order valence-corrected chi connectivity index (χ0v) is 14.8. The molecule has 1 unspecified atom stereocenters. The second-order valence-electron chi connectivity index (χ2n) is 4.73. The average Bonchev–Trinajstić information content (AvgIpc) is 2.99. The molecule has 0 saturated carbocycles. The van der Waals surface area contributed by atoms with E-state index in [9.17, 15) is 0 Å². The lowest BCUT2D eigenvalue weighted by Gasteiger charge is -2.13. The summed E-state index contributed by atoms with van der Waals surface area (Å²) in [6.45, 7) is 7.09. The van der Waals surface area contributed by atoms with Crippen molar-refractivity contribution in [1.82, 2.24) is 10.3 Å². The third-order valence-corrected chi connectivity index (χ3v) is 4.56. The lowest BCUT2D eigenvalue weighted by Crippen LogP contribution is -2.11. The molecule has 2 aromatic rings. The van der Waals surface area contributed by atoms with Gasteiger partial charge in [-0.15, -0.1) is 11.3 Å². The van der Waals surface area contributed by atoms with Gasteiger partial charge in [-0.05, 0) is 33.9 Å². The van der Waals surface area contributed by atoms with E-state index in [-0.39, 0.29) is 6.04 Å². The van der Waals surface area contributed by atoms with Crippen LogP contribution in [0.25, 0.3) is 11.3 Å². The predicted octanol–water partition coefficient (Wildman–Crippen LogP) is 4.54. The van der Waals surface area contributed by atoms with Crippen molar-refractivity contribution in [2.24, 2.45) is 0 Å². The van der Waals surface area contributed by atoms with E-state index in [2.05, 4.69) is 17.2 Å². The van der Waals surface area contributed by atoms with Crippen molar-refractivity contribution < 1.29 is 9.47 Å². The zero-order valence-electron chi connectivity index (χ0n) is 13.3. The Morgan fingerprint density at radius 3 is 2.55 bits per heavy atom. The largest absolute Gasteiger partial charge is 0.493 e. The van der Waals surface area contributed by atoms with Crippen molar-refractivity contribution in [2.45, 2.75) is 26.8 Å². The molecule has 1 aromatic heterocycles. The molecule has 1 atom stereocenters. The first-order chi connectivity index (χ1) is 10.6. The number of ether oxygens (including phenoxy) is 2. The Bertz CT molecular complexity index is 631. The van der Waals surface area contributed by atoms with Gasteiger partial charge in [0.1, 0.15) is 16.5 Å². The SMILES string of the molecule is CCOc1cc(OCC)c(-c2csc(C(C)NC)n2)cc1Cl. The summed E-state index contributed by atoms with van der Waals surface area (Å²) in [5, 5.41) is 6.82. The molecule has 1 aromatic carbocycles. The number of nitrogens with zero attached hydrogens (tertiary/aromatic N) is 1. The third kappa shape index (κ3) is 3.72. The highest BCUT2D eigenvalue weighted by molar-refractivity contribution is 7.10. The van der Waals surface area contributed by atoms with Crippen molar-refractivity contribution in [3.8, 4) is 22.8 Å². The van der Waals surface area contributed by atoms with Gasteiger partial charge in [-0.25, -0.2) is 4.98 Å². The summed E-state index contributed by atoms with van der Waals surface area (Å²) in [4.78, 5) is 4.69. The second-order valence-corrected chi connectivity index (χ2v) is 6.02. The van der Waals surface area contributed by atoms with E-state index in [1.165, 1.54) is 0 Å². The highest BCUT2D eigenvalue weighted by Crippen LogP contribution is 2.39. The molecule has 1 N–H and O–H groups in total. The number of hydrogen-bond acceptors (Lipinski definition) is 5. The van der Waals surface area contributed by atoms with Gasteiger partial charge in [0.05, 0.1) is 30.0 Å². The molecule has 0 fully saturated rings. The third-order valence-electron chi connectivity index (χ3n) is 3.24. The first-order valence-electron chi connectivity index (χ1n) is 7.32. The van der Waals surface area contributed by atoms with Crippen molar-refractivity contribution in [3.05, 3.63) is 27.5 Å². The van der Waals surface area contributed by atoms with Gasteiger partial charge in [0.15, 0.2) is 0 Å². The van der Waals surface area contributed by atoms with Gasteiger partial charge < -0.3 is 14.8 Å². The molecule has 0 amide bonds. The van der Waals surface area contributed by atoms with Gasteiger partial charge in [-0.1, -0.05) is 11.6 Å². The van der Waals surface area contributed by atoms with Crippen molar-refractivity contribution in [3.63, 3.8) is 0 Å². The van der Waals surface area contributed by atoms with Crippen LogP contribution in [0.3, 0.4) is 0 Å².